The molecule has 0 atom stereocenters. The van der Waals surface area contributed by atoms with E-state index in [1.165, 1.54) is 13.3 Å². The molecule has 138 valence electrons. The smallest absolute Gasteiger partial charge is 0.256 e. The zero-order chi connectivity index (χ0) is 19.2. The van der Waals surface area contributed by atoms with Gasteiger partial charge in [0.2, 0.25) is 5.88 Å². The Morgan fingerprint density at radius 2 is 1.89 bits per heavy atom. The second kappa shape index (κ2) is 8.84. The van der Waals surface area contributed by atoms with Gasteiger partial charge in [0.1, 0.15) is 0 Å². The standard InChI is InChI=1S/C20H17Cl2N3O2/c1-27-19-8-6-15(11-24-19)20(26)25(13-16-4-2-3-9-23-16)12-14-5-7-17(21)18(22)10-14/h2-11H,12-13H2,1H3. The monoisotopic (exact) mass is 401 g/mol. The molecule has 2 heterocycles. The van der Waals surface area contributed by atoms with Gasteiger partial charge in [-0.1, -0.05) is 35.3 Å². The quantitative estimate of drug-likeness (QED) is 0.603. The molecule has 1 amide bonds. The van der Waals surface area contributed by atoms with E-state index in [1.54, 1.807) is 35.4 Å². The molecule has 7 heteroatoms. The van der Waals surface area contributed by atoms with Crippen LogP contribution in [0.2, 0.25) is 10.0 Å². The topological polar surface area (TPSA) is 55.3 Å². The van der Waals surface area contributed by atoms with E-state index in [4.69, 9.17) is 27.9 Å². The van der Waals surface area contributed by atoms with Crippen molar-refractivity contribution in [3.63, 3.8) is 0 Å². The van der Waals surface area contributed by atoms with Gasteiger partial charge < -0.3 is 9.64 Å². The maximum absolute atomic E-state index is 13.1. The zero-order valence-electron chi connectivity index (χ0n) is 14.6. The van der Waals surface area contributed by atoms with Crippen LogP contribution in [0.5, 0.6) is 5.88 Å². The highest BCUT2D eigenvalue weighted by atomic mass is 35.5. The number of hydrogen-bond acceptors (Lipinski definition) is 4. The molecule has 2 aromatic heterocycles. The Balaban J connectivity index is 1.87. The largest absolute Gasteiger partial charge is 0.481 e. The number of benzene rings is 1. The molecule has 0 radical (unpaired) electrons. The number of pyridine rings is 2. The van der Waals surface area contributed by atoms with Crippen LogP contribution in [0.3, 0.4) is 0 Å². The van der Waals surface area contributed by atoms with Crippen LogP contribution in [0.25, 0.3) is 0 Å². The maximum Gasteiger partial charge on any atom is 0.256 e. The van der Waals surface area contributed by atoms with Gasteiger partial charge in [-0.3, -0.25) is 9.78 Å². The number of methoxy groups -OCH3 is 1. The van der Waals surface area contributed by atoms with Gasteiger partial charge in [-0.25, -0.2) is 4.98 Å². The van der Waals surface area contributed by atoms with Gasteiger partial charge in [0.25, 0.3) is 5.91 Å². The summed E-state index contributed by atoms with van der Waals surface area (Å²) in [6.45, 7) is 0.713. The van der Waals surface area contributed by atoms with Crippen LogP contribution in [0.1, 0.15) is 21.6 Å². The first-order valence-electron chi connectivity index (χ1n) is 8.20. The normalized spacial score (nSPS) is 10.5. The van der Waals surface area contributed by atoms with Crippen LogP contribution in [0.4, 0.5) is 0 Å². The van der Waals surface area contributed by atoms with Gasteiger partial charge in [0.15, 0.2) is 0 Å². The molecule has 0 N–H and O–H groups in total. The third kappa shape index (κ3) is 4.96. The predicted octanol–water partition coefficient (Wildman–Crippen LogP) is 4.63. The lowest BCUT2D eigenvalue weighted by Crippen LogP contribution is -2.30. The average molecular weight is 402 g/mol. The van der Waals surface area contributed by atoms with Crippen molar-refractivity contribution in [1.29, 1.82) is 0 Å². The summed E-state index contributed by atoms with van der Waals surface area (Å²) in [5.41, 5.74) is 2.12. The molecule has 0 unspecified atom stereocenters. The minimum atomic E-state index is -0.165. The number of halogens is 2. The molecule has 0 spiro atoms. The number of rotatable bonds is 6. The Labute approximate surface area is 167 Å². The van der Waals surface area contributed by atoms with E-state index >= 15 is 0 Å². The molecule has 0 aliphatic rings. The minimum absolute atomic E-state index is 0.165. The Morgan fingerprint density at radius 3 is 2.52 bits per heavy atom. The van der Waals surface area contributed by atoms with E-state index in [0.717, 1.165) is 11.3 Å². The molecular formula is C20H17Cl2N3O2. The molecular weight excluding hydrogens is 385 g/mol. The van der Waals surface area contributed by atoms with Crippen molar-refractivity contribution in [2.45, 2.75) is 13.1 Å². The number of aromatic nitrogens is 2. The van der Waals surface area contributed by atoms with Crippen LogP contribution in [-0.2, 0) is 13.1 Å². The summed E-state index contributed by atoms with van der Waals surface area (Å²) in [5, 5.41) is 0.924. The summed E-state index contributed by atoms with van der Waals surface area (Å²) >= 11 is 12.1. The summed E-state index contributed by atoms with van der Waals surface area (Å²) in [4.78, 5) is 23.2. The second-order valence-corrected chi connectivity index (χ2v) is 6.63. The lowest BCUT2D eigenvalue weighted by Gasteiger charge is -2.23. The molecule has 0 saturated carbocycles. The fraction of sp³-hybridized carbons (Fsp3) is 0.150. The van der Waals surface area contributed by atoms with Crippen LogP contribution in [-0.4, -0.2) is 27.9 Å². The highest BCUT2D eigenvalue weighted by molar-refractivity contribution is 6.42. The molecule has 0 aliphatic carbocycles. The first kappa shape index (κ1) is 19.1. The number of hydrogen-bond donors (Lipinski definition) is 0. The number of nitrogens with zero attached hydrogens (tertiary/aromatic N) is 3. The third-order valence-electron chi connectivity index (χ3n) is 3.92. The Hall–Kier alpha value is -2.63. The van der Waals surface area contributed by atoms with Crippen molar-refractivity contribution in [3.05, 3.63) is 87.8 Å². The number of carbonyl (C=O) groups is 1. The molecule has 0 saturated heterocycles. The van der Waals surface area contributed by atoms with Crippen molar-refractivity contribution < 1.29 is 9.53 Å². The average Bonchev–Trinajstić information content (AvgIpc) is 2.70. The summed E-state index contributed by atoms with van der Waals surface area (Å²) in [6.07, 6.45) is 3.20. The van der Waals surface area contributed by atoms with Crippen LogP contribution in [0, 0.1) is 0 Å². The highest BCUT2D eigenvalue weighted by Gasteiger charge is 2.18. The van der Waals surface area contributed by atoms with E-state index in [-0.39, 0.29) is 5.91 Å². The SMILES string of the molecule is COc1ccc(C(=O)N(Cc2ccc(Cl)c(Cl)c2)Cc2ccccn2)cn1. The summed E-state index contributed by atoms with van der Waals surface area (Å²) < 4.78 is 5.05. The van der Waals surface area contributed by atoms with Crippen molar-refractivity contribution in [2.24, 2.45) is 0 Å². The molecule has 3 aromatic rings. The van der Waals surface area contributed by atoms with E-state index in [2.05, 4.69) is 9.97 Å². The van der Waals surface area contributed by atoms with Crippen molar-refractivity contribution in [3.8, 4) is 5.88 Å². The van der Waals surface area contributed by atoms with Crippen LogP contribution in [0.15, 0.2) is 60.9 Å². The van der Waals surface area contributed by atoms with E-state index in [1.807, 2.05) is 24.3 Å². The van der Waals surface area contributed by atoms with Gasteiger partial charge in [-0.05, 0) is 35.9 Å². The van der Waals surface area contributed by atoms with Crippen LogP contribution < -0.4 is 4.74 Å². The first-order valence-corrected chi connectivity index (χ1v) is 8.95. The molecule has 5 nitrogen and oxygen atoms in total. The predicted molar refractivity (Wildman–Crippen MR) is 105 cm³/mol. The lowest BCUT2D eigenvalue weighted by atomic mass is 10.1. The molecule has 1 aromatic carbocycles. The summed E-state index contributed by atoms with van der Waals surface area (Å²) in [7, 11) is 1.53. The second-order valence-electron chi connectivity index (χ2n) is 5.82. The Kier molecular flexibility index (Phi) is 6.27. The summed E-state index contributed by atoms with van der Waals surface area (Å²) in [6, 6.07) is 14.3. The van der Waals surface area contributed by atoms with Gasteiger partial charge in [-0.15, -0.1) is 0 Å². The van der Waals surface area contributed by atoms with Gasteiger partial charge in [0, 0.05) is 25.0 Å². The van der Waals surface area contributed by atoms with Gasteiger partial charge in [-0.2, -0.15) is 0 Å². The zero-order valence-corrected chi connectivity index (χ0v) is 16.1. The molecule has 27 heavy (non-hydrogen) atoms. The number of carbonyl (C=O) groups excluding carboxylic acids is 1. The molecule has 0 aliphatic heterocycles. The molecule has 3 rings (SSSR count). The number of ether oxygens (including phenoxy) is 1. The van der Waals surface area contributed by atoms with Gasteiger partial charge >= 0.3 is 0 Å². The van der Waals surface area contributed by atoms with E-state index in [9.17, 15) is 4.79 Å². The number of amides is 1. The van der Waals surface area contributed by atoms with E-state index in [0.29, 0.717) is 34.6 Å². The summed E-state index contributed by atoms with van der Waals surface area (Å²) in [5.74, 6) is 0.286. The van der Waals surface area contributed by atoms with E-state index < -0.39 is 0 Å². The first-order chi connectivity index (χ1) is 13.1. The Morgan fingerprint density at radius 1 is 1.04 bits per heavy atom. The minimum Gasteiger partial charge on any atom is -0.481 e. The Bertz CT molecular complexity index is 918. The maximum atomic E-state index is 13.1. The van der Waals surface area contributed by atoms with Crippen molar-refractivity contribution in [2.75, 3.05) is 7.11 Å². The highest BCUT2D eigenvalue weighted by Crippen LogP contribution is 2.24. The molecule has 0 fully saturated rings. The third-order valence-corrected chi connectivity index (χ3v) is 4.66. The fourth-order valence-corrected chi connectivity index (χ4v) is 2.88. The van der Waals surface area contributed by atoms with Crippen molar-refractivity contribution in [1.82, 2.24) is 14.9 Å². The van der Waals surface area contributed by atoms with Crippen LogP contribution >= 0.6 is 23.2 Å². The fourth-order valence-electron chi connectivity index (χ4n) is 2.56. The molecule has 0 bridgehead atoms. The van der Waals surface area contributed by atoms with Gasteiger partial charge in [0.05, 0.1) is 35.0 Å². The van der Waals surface area contributed by atoms with Crippen molar-refractivity contribution >= 4 is 29.1 Å². The lowest BCUT2D eigenvalue weighted by molar-refractivity contribution is 0.0727.